The molecule has 1 fully saturated rings. The minimum Gasteiger partial charge on any atom is -0.369 e. The third-order valence-electron chi connectivity index (χ3n) is 7.86. The van der Waals surface area contributed by atoms with Crippen molar-refractivity contribution in [1.82, 2.24) is 4.90 Å². The molecule has 0 saturated carbocycles. The lowest BCUT2D eigenvalue weighted by Crippen LogP contribution is -2.60. The third-order valence-corrected chi connectivity index (χ3v) is 9.34. The molecule has 2 amide bonds. The number of benzene rings is 2. The lowest BCUT2D eigenvalue weighted by molar-refractivity contribution is -0.130. The molecule has 184 valence electrons. The van der Waals surface area contributed by atoms with Crippen LogP contribution in [0.25, 0.3) is 5.57 Å². The van der Waals surface area contributed by atoms with Crippen molar-refractivity contribution in [2.24, 2.45) is 10.7 Å². The lowest BCUT2D eigenvalue weighted by atomic mass is 9.69. The molecule has 3 aliphatic rings. The number of anilines is 1. The van der Waals surface area contributed by atoms with Gasteiger partial charge in [0.05, 0.1) is 23.1 Å². The Kier molecular flexibility index (Phi) is 5.92. The number of allylic oxidation sites excluding steroid dienone is 1. The van der Waals surface area contributed by atoms with E-state index in [9.17, 15) is 14.9 Å². The normalized spacial score (nSPS) is 28.2. The second-order valence-electron chi connectivity index (χ2n) is 10.0. The Morgan fingerprint density at radius 1 is 1.17 bits per heavy atom. The predicted molar refractivity (Wildman–Crippen MR) is 143 cm³/mol. The van der Waals surface area contributed by atoms with Crippen LogP contribution in [-0.2, 0) is 9.59 Å². The van der Waals surface area contributed by atoms with Gasteiger partial charge in [-0.05, 0) is 73.1 Å². The molecule has 3 aliphatic heterocycles. The van der Waals surface area contributed by atoms with Crippen LogP contribution >= 0.6 is 11.8 Å². The van der Waals surface area contributed by atoms with E-state index < -0.39 is 16.2 Å². The molecule has 2 N–H and O–H groups in total. The molecule has 3 atom stereocenters. The van der Waals surface area contributed by atoms with E-state index in [-0.39, 0.29) is 17.8 Å². The minimum absolute atomic E-state index is 0.100. The standard InChI is InChI=1S/C28H29N5O2S/c1-27(15-21(17-36-27)20-7-4-6-18(14-20)16-29)28(2)24(25(35)32(3)26(30)31-28)19-9-11-22(12-10-19)33-13-5-8-23(33)34/h4,6-7,9-12,14,17,24H,5,8,13,15H2,1-3H3,(H2,30,31)/t24?,27?,28-/m0/s1. The van der Waals surface area contributed by atoms with Crippen molar-refractivity contribution in [3.05, 3.63) is 70.6 Å². The number of carbonyl (C=O) groups excluding carboxylic acids is 2. The molecular weight excluding hydrogens is 470 g/mol. The number of thioether (sulfide) groups is 1. The van der Waals surface area contributed by atoms with E-state index in [1.165, 1.54) is 4.90 Å². The Hall–Kier alpha value is -3.57. The van der Waals surface area contributed by atoms with Crippen LogP contribution in [0.5, 0.6) is 0 Å². The van der Waals surface area contributed by atoms with Crippen molar-refractivity contribution in [1.29, 1.82) is 5.26 Å². The highest BCUT2D eigenvalue weighted by molar-refractivity contribution is 8.04. The number of amides is 2. The van der Waals surface area contributed by atoms with Gasteiger partial charge < -0.3 is 10.6 Å². The molecule has 7 nitrogen and oxygen atoms in total. The minimum atomic E-state index is -0.832. The average Bonchev–Trinajstić information content (AvgIpc) is 3.50. The summed E-state index contributed by atoms with van der Waals surface area (Å²) in [6.07, 6.45) is 2.11. The maximum Gasteiger partial charge on any atom is 0.239 e. The first-order chi connectivity index (χ1) is 17.2. The van der Waals surface area contributed by atoms with Gasteiger partial charge in [0.2, 0.25) is 11.8 Å². The summed E-state index contributed by atoms with van der Waals surface area (Å²) in [5, 5.41) is 11.4. The Balaban J connectivity index is 1.51. The molecule has 3 heterocycles. The van der Waals surface area contributed by atoms with Crippen LogP contribution in [0.15, 0.2) is 58.9 Å². The molecule has 0 radical (unpaired) electrons. The van der Waals surface area contributed by atoms with Gasteiger partial charge >= 0.3 is 0 Å². The van der Waals surface area contributed by atoms with Crippen LogP contribution in [-0.4, -0.2) is 46.6 Å². The molecular formula is C28H29N5O2S. The van der Waals surface area contributed by atoms with Crippen LogP contribution in [0.2, 0.25) is 0 Å². The van der Waals surface area contributed by atoms with E-state index in [2.05, 4.69) is 18.4 Å². The smallest absolute Gasteiger partial charge is 0.239 e. The largest absolute Gasteiger partial charge is 0.369 e. The molecule has 36 heavy (non-hydrogen) atoms. The highest BCUT2D eigenvalue weighted by atomic mass is 32.2. The number of nitrogens with zero attached hydrogens (tertiary/aromatic N) is 4. The van der Waals surface area contributed by atoms with Crippen molar-refractivity contribution in [2.75, 3.05) is 18.5 Å². The number of rotatable bonds is 4. The quantitative estimate of drug-likeness (QED) is 0.677. The number of hydrogen-bond acceptors (Lipinski definition) is 6. The summed E-state index contributed by atoms with van der Waals surface area (Å²) >= 11 is 1.66. The van der Waals surface area contributed by atoms with Crippen molar-refractivity contribution in [2.45, 2.75) is 49.3 Å². The zero-order valence-electron chi connectivity index (χ0n) is 20.7. The molecule has 2 aromatic rings. The number of guanidine groups is 1. The predicted octanol–water partition coefficient (Wildman–Crippen LogP) is 4.25. The number of nitrogens with two attached hydrogens (primary N) is 1. The fourth-order valence-electron chi connectivity index (χ4n) is 5.49. The molecule has 8 heteroatoms. The van der Waals surface area contributed by atoms with Gasteiger partial charge in [0.25, 0.3) is 0 Å². The summed E-state index contributed by atoms with van der Waals surface area (Å²) < 4.78 is -0.458. The molecule has 0 aromatic heterocycles. The number of carbonyl (C=O) groups is 2. The molecule has 2 unspecified atom stereocenters. The van der Waals surface area contributed by atoms with Gasteiger partial charge in [-0.15, -0.1) is 11.8 Å². The van der Waals surface area contributed by atoms with E-state index in [4.69, 9.17) is 10.7 Å². The van der Waals surface area contributed by atoms with Gasteiger partial charge in [0.15, 0.2) is 5.96 Å². The zero-order chi connectivity index (χ0) is 25.7. The molecule has 0 bridgehead atoms. The van der Waals surface area contributed by atoms with Crippen molar-refractivity contribution < 1.29 is 9.59 Å². The van der Waals surface area contributed by atoms with Gasteiger partial charge in [-0.1, -0.05) is 24.3 Å². The van der Waals surface area contributed by atoms with Gasteiger partial charge in [-0.25, -0.2) is 4.99 Å². The summed E-state index contributed by atoms with van der Waals surface area (Å²) in [5.74, 6) is -0.308. The first-order valence-corrected chi connectivity index (χ1v) is 13.0. The lowest BCUT2D eigenvalue weighted by Gasteiger charge is -2.49. The molecule has 2 aromatic carbocycles. The summed E-state index contributed by atoms with van der Waals surface area (Å²) in [7, 11) is 1.66. The van der Waals surface area contributed by atoms with Crippen molar-refractivity contribution in [3.63, 3.8) is 0 Å². The monoisotopic (exact) mass is 499 g/mol. The van der Waals surface area contributed by atoms with E-state index >= 15 is 0 Å². The number of likely N-dealkylation sites (N-methyl/N-ethyl adjacent to an activating group) is 1. The van der Waals surface area contributed by atoms with E-state index in [1.807, 2.05) is 49.4 Å². The topological polar surface area (TPSA) is 103 Å². The van der Waals surface area contributed by atoms with Gasteiger partial charge in [0, 0.05) is 30.4 Å². The highest BCUT2D eigenvalue weighted by Gasteiger charge is 2.58. The average molecular weight is 500 g/mol. The van der Waals surface area contributed by atoms with Crippen LogP contribution in [0, 0.1) is 11.3 Å². The summed E-state index contributed by atoms with van der Waals surface area (Å²) in [6, 6.07) is 17.5. The molecule has 0 aliphatic carbocycles. The second-order valence-corrected chi connectivity index (χ2v) is 11.4. The maximum absolute atomic E-state index is 13.7. The van der Waals surface area contributed by atoms with E-state index in [0.29, 0.717) is 18.4 Å². The first kappa shape index (κ1) is 24.1. The third kappa shape index (κ3) is 3.79. The van der Waals surface area contributed by atoms with Crippen LogP contribution in [0.1, 0.15) is 55.7 Å². The van der Waals surface area contributed by atoms with Crippen LogP contribution in [0.4, 0.5) is 5.69 Å². The molecule has 1 saturated heterocycles. The number of nitriles is 1. The number of aliphatic imine (C=N–C) groups is 1. The zero-order valence-corrected chi connectivity index (χ0v) is 21.5. The summed E-state index contributed by atoms with van der Waals surface area (Å²) in [6.45, 7) is 4.87. The SMILES string of the molecule is CN1C(=O)C(c2ccc(N3CCCC3=O)cc2)[C@@](C)(C2(C)CC(c3cccc(C#N)c3)=CS2)N=C1N. The van der Waals surface area contributed by atoms with E-state index in [0.717, 1.165) is 35.4 Å². The van der Waals surface area contributed by atoms with Crippen LogP contribution in [0.3, 0.4) is 0 Å². The van der Waals surface area contributed by atoms with Crippen LogP contribution < -0.4 is 10.6 Å². The van der Waals surface area contributed by atoms with Gasteiger partial charge in [-0.3, -0.25) is 14.5 Å². The van der Waals surface area contributed by atoms with Crippen molar-refractivity contribution >= 4 is 40.8 Å². The van der Waals surface area contributed by atoms with Gasteiger partial charge in [0.1, 0.15) is 0 Å². The molecule has 5 rings (SSSR count). The first-order valence-electron chi connectivity index (χ1n) is 12.1. The Bertz CT molecular complexity index is 1340. The highest BCUT2D eigenvalue weighted by Crippen LogP contribution is 2.57. The Morgan fingerprint density at radius 2 is 1.92 bits per heavy atom. The molecule has 0 spiro atoms. The van der Waals surface area contributed by atoms with Gasteiger partial charge in [-0.2, -0.15) is 5.26 Å². The van der Waals surface area contributed by atoms with E-state index in [1.54, 1.807) is 29.8 Å². The Morgan fingerprint density at radius 3 is 2.58 bits per heavy atom. The van der Waals surface area contributed by atoms with Crippen molar-refractivity contribution in [3.8, 4) is 6.07 Å². The fourth-order valence-corrected chi connectivity index (χ4v) is 6.75. The fraction of sp³-hybridized carbons (Fsp3) is 0.357. The summed E-state index contributed by atoms with van der Waals surface area (Å²) in [5.41, 5.74) is 9.87. The Labute approximate surface area is 215 Å². The summed E-state index contributed by atoms with van der Waals surface area (Å²) in [4.78, 5) is 34.1. The maximum atomic E-state index is 13.7. The number of hydrogen-bond donors (Lipinski definition) is 1. The second kappa shape index (κ2) is 8.82.